The zero-order valence-electron chi connectivity index (χ0n) is 14.7. The van der Waals surface area contributed by atoms with E-state index in [4.69, 9.17) is 4.74 Å². The number of benzene rings is 1. The summed E-state index contributed by atoms with van der Waals surface area (Å²) in [7, 11) is -3.58. The molecule has 1 aliphatic rings. The van der Waals surface area contributed by atoms with Gasteiger partial charge in [0.2, 0.25) is 15.9 Å². The number of nitrogens with zero attached hydrogens (tertiary/aromatic N) is 1. The molecule has 1 saturated carbocycles. The first-order valence-electron chi connectivity index (χ1n) is 8.41. The maximum atomic E-state index is 12.7. The van der Waals surface area contributed by atoms with E-state index >= 15 is 0 Å². The van der Waals surface area contributed by atoms with Crippen molar-refractivity contribution in [3.8, 4) is 5.75 Å². The minimum Gasteiger partial charge on any atom is -0.489 e. The molecule has 0 saturated heterocycles. The van der Waals surface area contributed by atoms with Crippen molar-refractivity contribution >= 4 is 21.6 Å². The summed E-state index contributed by atoms with van der Waals surface area (Å²) < 4.78 is 32.5. The highest BCUT2D eigenvalue weighted by atomic mass is 32.2. The summed E-state index contributed by atoms with van der Waals surface area (Å²) in [6.45, 7) is 8.15. The Morgan fingerprint density at radius 1 is 1.29 bits per heavy atom. The van der Waals surface area contributed by atoms with E-state index in [-0.39, 0.29) is 22.8 Å². The van der Waals surface area contributed by atoms with Crippen LogP contribution >= 0.6 is 0 Å². The Morgan fingerprint density at radius 3 is 2.42 bits per heavy atom. The van der Waals surface area contributed by atoms with E-state index < -0.39 is 10.0 Å². The topological polar surface area (TPSA) is 75.7 Å². The lowest BCUT2D eigenvalue weighted by atomic mass is 10.2. The lowest BCUT2D eigenvalue weighted by Gasteiger charge is -2.20. The summed E-state index contributed by atoms with van der Waals surface area (Å²) in [6.07, 6.45) is 1.68. The summed E-state index contributed by atoms with van der Waals surface area (Å²) in [5.74, 6) is 0.429. The van der Waals surface area contributed by atoms with Gasteiger partial charge >= 0.3 is 0 Å². The highest BCUT2D eigenvalue weighted by molar-refractivity contribution is 7.89. The van der Waals surface area contributed by atoms with Crippen molar-refractivity contribution in [3.05, 3.63) is 18.2 Å². The molecule has 7 heteroatoms. The van der Waals surface area contributed by atoms with Gasteiger partial charge in [-0.15, -0.1) is 0 Å². The predicted molar refractivity (Wildman–Crippen MR) is 93.7 cm³/mol. The maximum Gasteiger partial charge on any atom is 0.243 e. The molecule has 1 aromatic rings. The minimum absolute atomic E-state index is 0.0277. The Balaban J connectivity index is 2.38. The van der Waals surface area contributed by atoms with Crippen LogP contribution in [0.4, 0.5) is 5.69 Å². The van der Waals surface area contributed by atoms with Crippen LogP contribution in [0, 0.1) is 5.92 Å². The van der Waals surface area contributed by atoms with Crippen molar-refractivity contribution in [3.63, 3.8) is 0 Å². The number of hydrogen-bond donors (Lipinski definition) is 1. The molecule has 0 aliphatic heterocycles. The Morgan fingerprint density at radius 2 is 1.92 bits per heavy atom. The average molecular weight is 354 g/mol. The molecule has 0 radical (unpaired) electrons. The van der Waals surface area contributed by atoms with Crippen molar-refractivity contribution in [1.29, 1.82) is 0 Å². The number of anilines is 1. The van der Waals surface area contributed by atoms with Gasteiger partial charge in [-0.3, -0.25) is 4.79 Å². The third-order valence-corrected chi connectivity index (χ3v) is 5.91. The summed E-state index contributed by atoms with van der Waals surface area (Å²) in [4.78, 5) is 12.3. The first-order valence-corrected chi connectivity index (χ1v) is 9.85. The highest BCUT2D eigenvalue weighted by Gasteiger charge is 2.31. The predicted octanol–water partition coefficient (Wildman–Crippen LogP) is 2.85. The lowest BCUT2D eigenvalue weighted by Crippen LogP contribution is -2.30. The van der Waals surface area contributed by atoms with Gasteiger partial charge in [0.25, 0.3) is 0 Å². The SMILES string of the molecule is CCN(CC)S(=O)(=O)c1ccc(OC(C)C)c(NC(=O)C2CC2)c1. The van der Waals surface area contributed by atoms with Crippen LogP contribution in [0.25, 0.3) is 0 Å². The van der Waals surface area contributed by atoms with Gasteiger partial charge in [-0.05, 0) is 44.9 Å². The smallest absolute Gasteiger partial charge is 0.243 e. The van der Waals surface area contributed by atoms with Gasteiger partial charge < -0.3 is 10.1 Å². The van der Waals surface area contributed by atoms with Gasteiger partial charge in [-0.2, -0.15) is 4.31 Å². The fourth-order valence-corrected chi connectivity index (χ4v) is 3.90. The van der Waals surface area contributed by atoms with Gasteiger partial charge in [0, 0.05) is 19.0 Å². The number of ether oxygens (including phenoxy) is 1. The van der Waals surface area contributed by atoms with E-state index in [1.807, 2.05) is 13.8 Å². The molecule has 6 nitrogen and oxygen atoms in total. The maximum absolute atomic E-state index is 12.7. The summed E-state index contributed by atoms with van der Waals surface area (Å²) in [5, 5.41) is 2.82. The summed E-state index contributed by atoms with van der Waals surface area (Å²) in [5.41, 5.74) is 0.411. The van der Waals surface area contributed by atoms with E-state index in [1.165, 1.54) is 16.4 Å². The standard InChI is InChI=1S/C17H26N2O4S/c1-5-19(6-2)24(21,22)14-9-10-16(23-12(3)4)15(11-14)18-17(20)13-7-8-13/h9-13H,5-8H2,1-4H3,(H,18,20). The zero-order valence-corrected chi connectivity index (χ0v) is 15.5. The molecule has 0 heterocycles. The molecule has 1 aromatic carbocycles. The largest absolute Gasteiger partial charge is 0.489 e. The molecule has 1 N–H and O–H groups in total. The van der Waals surface area contributed by atoms with Gasteiger partial charge in [-0.25, -0.2) is 8.42 Å². The monoisotopic (exact) mass is 354 g/mol. The van der Waals surface area contributed by atoms with E-state index in [0.29, 0.717) is 24.5 Å². The van der Waals surface area contributed by atoms with Crippen LogP contribution in [0.15, 0.2) is 23.1 Å². The van der Waals surface area contributed by atoms with Crippen LogP contribution in [-0.4, -0.2) is 37.8 Å². The van der Waals surface area contributed by atoms with E-state index in [2.05, 4.69) is 5.32 Å². The van der Waals surface area contributed by atoms with E-state index in [9.17, 15) is 13.2 Å². The minimum atomic E-state index is -3.58. The van der Waals surface area contributed by atoms with Crippen LogP contribution in [0.3, 0.4) is 0 Å². The second-order valence-corrected chi connectivity index (χ2v) is 8.12. The number of carbonyl (C=O) groups excluding carboxylic acids is 1. The average Bonchev–Trinajstić information content (AvgIpc) is 3.34. The number of amides is 1. The summed E-state index contributed by atoms with van der Waals surface area (Å²) in [6, 6.07) is 4.63. The van der Waals surface area contributed by atoms with Gasteiger partial charge in [0.1, 0.15) is 5.75 Å². The molecule has 0 aromatic heterocycles. The van der Waals surface area contributed by atoms with Crippen LogP contribution in [0.1, 0.15) is 40.5 Å². The van der Waals surface area contributed by atoms with Gasteiger partial charge in [0.15, 0.2) is 0 Å². The van der Waals surface area contributed by atoms with Crippen molar-refractivity contribution in [2.24, 2.45) is 5.92 Å². The molecule has 0 spiro atoms. The first-order chi connectivity index (χ1) is 11.3. The third-order valence-electron chi connectivity index (χ3n) is 3.86. The number of carbonyl (C=O) groups is 1. The molecule has 134 valence electrons. The normalized spacial score (nSPS) is 14.9. The fraction of sp³-hybridized carbons (Fsp3) is 0.588. The Kier molecular flexibility index (Phi) is 5.87. The van der Waals surface area contributed by atoms with Crippen molar-refractivity contribution in [2.45, 2.75) is 51.5 Å². The number of rotatable bonds is 8. The molecule has 1 fully saturated rings. The lowest BCUT2D eigenvalue weighted by molar-refractivity contribution is -0.117. The van der Waals surface area contributed by atoms with Gasteiger partial charge in [0.05, 0.1) is 16.7 Å². The molecule has 0 unspecified atom stereocenters. The molecule has 2 rings (SSSR count). The highest BCUT2D eigenvalue weighted by Crippen LogP contribution is 2.34. The van der Waals surface area contributed by atoms with Crippen molar-refractivity contribution < 1.29 is 17.9 Å². The van der Waals surface area contributed by atoms with Crippen molar-refractivity contribution in [2.75, 3.05) is 18.4 Å². The van der Waals surface area contributed by atoms with Crippen LogP contribution in [-0.2, 0) is 14.8 Å². The van der Waals surface area contributed by atoms with E-state index in [0.717, 1.165) is 12.8 Å². The first kappa shape index (κ1) is 18.7. The molecule has 24 heavy (non-hydrogen) atoms. The molecular formula is C17H26N2O4S. The second-order valence-electron chi connectivity index (χ2n) is 6.18. The third kappa shape index (κ3) is 4.27. The molecular weight excluding hydrogens is 328 g/mol. The fourth-order valence-electron chi connectivity index (χ4n) is 2.42. The molecule has 0 atom stereocenters. The van der Waals surface area contributed by atoms with Crippen LogP contribution in [0.2, 0.25) is 0 Å². The zero-order chi connectivity index (χ0) is 17.9. The van der Waals surface area contributed by atoms with Gasteiger partial charge in [-0.1, -0.05) is 13.8 Å². The van der Waals surface area contributed by atoms with E-state index in [1.54, 1.807) is 19.9 Å². The molecule has 0 bridgehead atoms. The Bertz CT molecular complexity index is 693. The van der Waals surface area contributed by atoms with Crippen LogP contribution < -0.4 is 10.1 Å². The molecule has 1 aliphatic carbocycles. The second kappa shape index (κ2) is 7.53. The van der Waals surface area contributed by atoms with Crippen molar-refractivity contribution in [1.82, 2.24) is 4.31 Å². The number of hydrogen-bond acceptors (Lipinski definition) is 4. The quantitative estimate of drug-likeness (QED) is 0.779. The summed E-state index contributed by atoms with van der Waals surface area (Å²) >= 11 is 0. The number of sulfonamides is 1. The Labute approximate surface area is 144 Å². The Hall–Kier alpha value is -1.60. The molecule has 1 amide bonds. The number of nitrogens with one attached hydrogen (secondary N) is 1. The van der Waals surface area contributed by atoms with Crippen LogP contribution in [0.5, 0.6) is 5.75 Å².